The summed E-state index contributed by atoms with van der Waals surface area (Å²) in [5.41, 5.74) is 0.680. The smallest absolute Gasteiger partial charge is 0.232 e. The quantitative estimate of drug-likeness (QED) is 0.625. The Morgan fingerprint density at radius 2 is 1.92 bits per heavy atom. The number of aromatic nitrogens is 2. The van der Waals surface area contributed by atoms with Gasteiger partial charge in [0, 0.05) is 5.56 Å². The molecule has 1 amide bonds. The second-order valence-corrected chi connectivity index (χ2v) is 2.94. The van der Waals surface area contributed by atoms with Crippen molar-refractivity contribution in [1.29, 1.82) is 0 Å². The predicted octanol–water partition coefficient (Wildman–Crippen LogP) is 1.91. The fourth-order valence-corrected chi connectivity index (χ4v) is 1.49. The molecule has 1 rings (SSSR count). The van der Waals surface area contributed by atoms with Crippen LogP contribution in [0, 0.1) is 0 Å². The molecule has 1 N–H and O–H groups in total. The Balaban J connectivity index is 3.12. The van der Waals surface area contributed by atoms with E-state index in [4.69, 9.17) is 23.2 Å². The van der Waals surface area contributed by atoms with Crippen LogP contribution in [0.5, 0.6) is 0 Å². The van der Waals surface area contributed by atoms with E-state index in [0.717, 1.165) is 0 Å². The van der Waals surface area contributed by atoms with E-state index in [9.17, 15) is 4.79 Å². The zero-order chi connectivity index (χ0) is 9.84. The molecule has 1 heterocycles. The van der Waals surface area contributed by atoms with Crippen molar-refractivity contribution in [1.82, 2.24) is 9.97 Å². The minimum absolute atomic E-state index is 0.113. The molecule has 0 saturated carbocycles. The minimum atomic E-state index is 0.113. The lowest BCUT2D eigenvalue weighted by Gasteiger charge is -2.04. The number of anilines is 1. The molecule has 1 aromatic heterocycles. The summed E-state index contributed by atoms with van der Waals surface area (Å²) in [6, 6.07) is 0. The number of rotatable bonds is 3. The molecular weight excluding hydrogens is 213 g/mol. The van der Waals surface area contributed by atoms with Gasteiger partial charge in [-0.05, 0) is 6.42 Å². The van der Waals surface area contributed by atoms with Crippen LogP contribution in [0.2, 0.25) is 10.3 Å². The zero-order valence-corrected chi connectivity index (χ0v) is 8.35. The maximum absolute atomic E-state index is 10.1. The monoisotopic (exact) mass is 219 g/mol. The van der Waals surface area contributed by atoms with E-state index in [1.54, 1.807) is 0 Å². The number of amides is 1. The Hall–Kier alpha value is -0.870. The van der Waals surface area contributed by atoms with E-state index in [1.807, 2.05) is 6.92 Å². The lowest BCUT2D eigenvalue weighted by molar-refractivity contribution is -0.105. The summed E-state index contributed by atoms with van der Waals surface area (Å²) in [5.74, 6) is 0.113. The van der Waals surface area contributed by atoms with E-state index in [1.165, 1.54) is 0 Å². The van der Waals surface area contributed by atoms with Crippen molar-refractivity contribution in [3.8, 4) is 0 Å². The lowest BCUT2D eigenvalue weighted by atomic mass is 10.3. The third-order valence-electron chi connectivity index (χ3n) is 1.45. The number of hydrogen-bond acceptors (Lipinski definition) is 3. The highest BCUT2D eigenvalue weighted by Gasteiger charge is 2.08. The van der Waals surface area contributed by atoms with Gasteiger partial charge in [0.2, 0.25) is 12.4 Å². The van der Waals surface area contributed by atoms with Gasteiger partial charge < -0.3 is 0 Å². The number of hydrogen-bond donors (Lipinski definition) is 1. The van der Waals surface area contributed by atoms with Crippen molar-refractivity contribution >= 4 is 35.6 Å². The van der Waals surface area contributed by atoms with Crippen molar-refractivity contribution in [2.24, 2.45) is 0 Å². The number of carbonyl (C=O) groups excluding carboxylic acids is 1. The fourth-order valence-electron chi connectivity index (χ4n) is 0.840. The van der Waals surface area contributed by atoms with Crippen LogP contribution in [-0.2, 0) is 11.2 Å². The fraction of sp³-hybridized carbons (Fsp3) is 0.286. The SMILES string of the molecule is CCc1c(Cl)nc(NC=O)nc1Cl. The molecule has 0 aliphatic carbocycles. The van der Waals surface area contributed by atoms with Gasteiger partial charge in [-0.25, -0.2) is 9.97 Å². The normalized spacial score (nSPS) is 9.77. The van der Waals surface area contributed by atoms with Crippen molar-refractivity contribution in [2.75, 3.05) is 5.32 Å². The van der Waals surface area contributed by atoms with E-state index in [-0.39, 0.29) is 16.3 Å². The van der Waals surface area contributed by atoms with Crippen LogP contribution in [0.25, 0.3) is 0 Å². The zero-order valence-electron chi connectivity index (χ0n) is 6.84. The molecule has 0 aliphatic heterocycles. The van der Waals surface area contributed by atoms with Crippen molar-refractivity contribution in [3.63, 3.8) is 0 Å². The molecule has 1 aromatic rings. The summed E-state index contributed by atoms with van der Waals surface area (Å²) in [6.45, 7) is 1.89. The predicted molar refractivity (Wildman–Crippen MR) is 51.1 cm³/mol. The molecule has 0 aliphatic rings. The molecule has 0 atom stereocenters. The van der Waals surface area contributed by atoms with Gasteiger partial charge in [0.25, 0.3) is 0 Å². The maximum atomic E-state index is 10.1. The molecule has 0 unspecified atom stereocenters. The number of halogens is 2. The molecule has 0 bridgehead atoms. The average Bonchev–Trinajstić information content (AvgIpc) is 2.04. The third kappa shape index (κ3) is 2.29. The molecular formula is C7H7Cl2N3O. The van der Waals surface area contributed by atoms with Crippen LogP contribution in [0.4, 0.5) is 5.95 Å². The van der Waals surface area contributed by atoms with E-state index in [0.29, 0.717) is 18.4 Å². The maximum Gasteiger partial charge on any atom is 0.232 e. The molecule has 0 spiro atoms. The van der Waals surface area contributed by atoms with Gasteiger partial charge in [0.15, 0.2) is 0 Å². The summed E-state index contributed by atoms with van der Waals surface area (Å²) in [6.07, 6.45) is 1.12. The molecule has 6 heteroatoms. The summed E-state index contributed by atoms with van der Waals surface area (Å²) >= 11 is 11.6. The van der Waals surface area contributed by atoms with Crippen molar-refractivity contribution in [2.45, 2.75) is 13.3 Å². The first-order valence-corrected chi connectivity index (χ1v) is 4.36. The first kappa shape index (κ1) is 10.2. The highest BCUT2D eigenvalue weighted by molar-refractivity contribution is 6.34. The summed E-state index contributed by atoms with van der Waals surface area (Å²) < 4.78 is 0. The number of carbonyl (C=O) groups is 1. The molecule has 70 valence electrons. The molecule has 0 radical (unpaired) electrons. The van der Waals surface area contributed by atoms with E-state index >= 15 is 0 Å². The van der Waals surface area contributed by atoms with Crippen LogP contribution in [0.15, 0.2) is 0 Å². The van der Waals surface area contributed by atoms with Crippen LogP contribution >= 0.6 is 23.2 Å². The van der Waals surface area contributed by atoms with E-state index in [2.05, 4.69) is 15.3 Å². The van der Waals surface area contributed by atoms with E-state index < -0.39 is 0 Å². The Kier molecular flexibility index (Phi) is 3.45. The average molecular weight is 220 g/mol. The molecule has 0 saturated heterocycles. The van der Waals surface area contributed by atoms with Crippen LogP contribution in [-0.4, -0.2) is 16.4 Å². The molecule has 0 aromatic carbocycles. The van der Waals surface area contributed by atoms with Crippen molar-refractivity contribution < 1.29 is 4.79 Å². The van der Waals surface area contributed by atoms with Crippen LogP contribution in [0.1, 0.15) is 12.5 Å². The second-order valence-electron chi connectivity index (χ2n) is 2.22. The Bertz CT molecular complexity index is 307. The third-order valence-corrected chi connectivity index (χ3v) is 2.07. The largest absolute Gasteiger partial charge is 0.297 e. The Morgan fingerprint density at radius 3 is 2.31 bits per heavy atom. The molecule has 0 fully saturated rings. The highest BCUT2D eigenvalue weighted by atomic mass is 35.5. The first-order valence-electron chi connectivity index (χ1n) is 3.61. The van der Waals surface area contributed by atoms with Crippen LogP contribution < -0.4 is 5.32 Å². The summed E-state index contributed by atoms with van der Waals surface area (Å²) in [4.78, 5) is 17.7. The van der Waals surface area contributed by atoms with Gasteiger partial charge >= 0.3 is 0 Å². The first-order chi connectivity index (χ1) is 6.19. The highest BCUT2D eigenvalue weighted by Crippen LogP contribution is 2.22. The number of nitrogens with zero attached hydrogens (tertiary/aromatic N) is 2. The molecule has 13 heavy (non-hydrogen) atoms. The summed E-state index contributed by atoms with van der Waals surface area (Å²) in [7, 11) is 0. The van der Waals surface area contributed by atoms with Gasteiger partial charge in [-0.3, -0.25) is 10.1 Å². The van der Waals surface area contributed by atoms with Crippen LogP contribution in [0.3, 0.4) is 0 Å². The lowest BCUT2D eigenvalue weighted by Crippen LogP contribution is -2.02. The van der Waals surface area contributed by atoms with Gasteiger partial charge in [-0.2, -0.15) is 0 Å². The number of nitrogens with one attached hydrogen (secondary N) is 1. The summed E-state index contributed by atoms with van der Waals surface area (Å²) in [5, 5.41) is 2.81. The van der Waals surface area contributed by atoms with Gasteiger partial charge in [0.05, 0.1) is 0 Å². The Morgan fingerprint density at radius 1 is 1.38 bits per heavy atom. The second kappa shape index (κ2) is 4.39. The Labute approximate surface area is 85.3 Å². The van der Waals surface area contributed by atoms with Crippen molar-refractivity contribution in [3.05, 3.63) is 15.9 Å². The topological polar surface area (TPSA) is 54.9 Å². The van der Waals surface area contributed by atoms with Gasteiger partial charge in [0.1, 0.15) is 10.3 Å². The van der Waals surface area contributed by atoms with Gasteiger partial charge in [-0.15, -0.1) is 0 Å². The standard InChI is InChI=1S/C7H7Cl2N3O/c1-2-4-5(8)11-7(10-3-13)12-6(4)9/h3H,2H2,1H3,(H,10,11,12,13). The van der Waals surface area contributed by atoms with Gasteiger partial charge in [-0.1, -0.05) is 30.1 Å². The molecule has 4 nitrogen and oxygen atoms in total. The minimum Gasteiger partial charge on any atom is -0.297 e.